The van der Waals surface area contributed by atoms with Gasteiger partial charge in [-0.2, -0.15) is 0 Å². The van der Waals surface area contributed by atoms with Crippen molar-refractivity contribution < 1.29 is 28.1 Å². The third-order valence-corrected chi connectivity index (χ3v) is 6.32. The average molecular weight is 385 g/mol. The van der Waals surface area contributed by atoms with E-state index in [1.807, 2.05) is 0 Å². The van der Waals surface area contributed by atoms with Crippen molar-refractivity contribution in [3.8, 4) is 5.75 Å². The molecule has 0 radical (unpaired) electrons. The molecule has 146 valence electrons. The Morgan fingerprint density at radius 2 is 1.81 bits per heavy atom. The van der Waals surface area contributed by atoms with Gasteiger partial charge in [0, 0.05) is 37.5 Å². The van der Waals surface area contributed by atoms with Gasteiger partial charge in [0.25, 0.3) is 0 Å². The minimum atomic E-state index is -3.23. The number of nitrogens with one attached hydrogen (secondary N) is 1. The molecule has 2 fully saturated rings. The van der Waals surface area contributed by atoms with Crippen LogP contribution >= 0.6 is 0 Å². The summed E-state index contributed by atoms with van der Waals surface area (Å²) in [4.78, 5) is 0.238. The van der Waals surface area contributed by atoms with E-state index in [0.29, 0.717) is 18.2 Å². The van der Waals surface area contributed by atoms with Gasteiger partial charge in [-0.25, -0.2) is 8.42 Å². The summed E-state index contributed by atoms with van der Waals surface area (Å²) in [5, 5.41) is 24.1. The highest BCUT2D eigenvalue weighted by Crippen LogP contribution is 2.29. The van der Waals surface area contributed by atoms with Crippen LogP contribution in [0.15, 0.2) is 29.2 Å². The van der Waals surface area contributed by atoms with Crippen LogP contribution in [0.3, 0.4) is 0 Å². The van der Waals surface area contributed by atoms with Crippen LogP contribution in [0.1, 0.15) is 19.3 Å². The molecule has 2 aliphatic rings. The molecule has 0 aromatic heterocycles. The van der Waals surface area contributed by atoms with Gasteiger partial charge >= 0.3 is 0 Å². The topological polar surface area (TPSA) is 105 Å². The van der Waals surface area contributed by atoms with Gasteiger partial charge in [-0.15, -0.1) is 0 Å². The van der Waals surface area contributed by atoms with Gasteiger partial charge in [-0.3, -0.25) is 0 Å². The summed E-state index contributed by atoms with van der Waals surface area (Å²) < 4.78 is 34.0. The second-order valence-electron chi connectivity index (χ2n) is 7.19. The lowest BCUT2D eigenvalue weighted by atomic mass is 10.1. The molecule has 4 unspecified atom stereocenters. The Morgan fingerprint density at radius 1 is 1.15 bits per heavy atom. The van der Waals surface area contributed by atoms with Crippen LogP contribution in [-0.4, -0.2) is 69.0 Å². The SMILES string of the molecule is CS(=O)(=O)c1ccc(OCC2CC(NC3CCOCC3)C(O)C2O)cc1. The first-order chi connectivity index (χ1) is 12.3. The van der Waals surface area contributed by atoms with E-state index in [9.17, 15) is 18.6 Å². The lowest BCUT2D eigenvalue weighted by molar-refractivity contribution is -0.00166. The molecule has 1 heterocycles. The van der Waals surface area contributed by atoms with E-state index in [4.69, 9.17) is 9.47 Å². The Kier molecular flexibility index (Phi) is 6.19. The summed E-state index contributed by atoms with van der Waals surface area (Å²) in [5.41, 5.74) is 0. The highest BCUT2D eigenvalue weighted by Gasteiger charge is 2.42. The van der Waals surface area contributed by atoms with E-state index >= 15 is 0 Å². The number of aliphatic hydroxyl groups excluding tert-OH is 2. The Morgan fingerprint density at radius 3 is 2.42 bits per heavy atom. The molecule has 1 aromatic carbocycles. The quantitative estimate of drug-likeness (QED) is 0.649. The second-order valence-corrected chi connectivity index (χ2v) is 9.21. The van der Waals surface area contributed by atoms with Crippen LogP contribution in [0, 0.1) is 5.92 Å². The third-order valence-electron chi connectivity index (χ3n) is 5.19. The van der Waals surface area contributed by atoms with Gasteiger partial charge in [0.05, 0.1) is 23.7 Å². The van der Waals surface area contributed by atoms with Crippen LogP contribution in [0.25, 0.3) is 0 Å². The number of hydrogen-bond donors (Lipinski definition) is 3. The molecule has 0 spiro atoms. The van der Waals surface area contributed by atoms with Gasteiger partial charge < -0.3 is 25.0 Å². The van der Waals surface area contributed by atoms with Crippen molar-refractivity contribution in [3.63, 3.8) is 0 Å². The van der Waals surface area contributed by atoms with E-state index < -0.39 is 22.0 Å². The number of aliphatic hydroxyl groups is 2. The molecule has 3 rings (SSSR count). The minimum Gasteiger partial charge on any atom is -0.493 e. The molecular weight excluding hydrogens is 358 g/mol. The molecule has 3 N–H and O–H groups in total. The maximum absolute atomic E-state index is 11.5. The highest BCUT2D eigenvalue weighted by atomic mass is 32.2. The van der Waals surface area contributed by atoms with Crippen molar-refractivity contribution in [3.05, 3.63) is 24.3 Å². The third kappa shape index (κ3) is 4.75. The van der Waals surface area contributed by atoms with E-state index in [0.717, 1.165) is 32.3 Å². The molecule has 26 heavy (non-hydrogen) atoms. The minimum absolute atomic E-state index is 0.158. The molecule has 0 amide bonds. The lowest BCUT2D eigenvalue weighted by Crippen LogP contribution is -2.47. The van der Waals surface area contributed by atoms with Gasteiger partial charge in [-0.05, 0) is 43.5 Å². The number of sulfone groups is 1. The molecule has 8 heteroatoms. The summed E-state index contributed by atoms with van der Waals surface area (Å²) in [6.07, 6.45) is 1.94. The Labute approximate surface area is 154 Å². The number of rotatable bonds is 6. The van der Waals surface area contributed by atoms with Crippen LogP contribution in [-0.2, 0) is 14.6 Å². The molecule has 1 aliphatic heterocycles. The molecule has 1 saturated heterocycles. The van der Waals surface area contributed by atoms with Crippen LogP contribution in [0.5, 0.6) is 5.75 Å². The average Bonchev–Trinajstić information content (AvgIpc) is 2.88. The van der Waals surface area contributed by atoms with Crippen molar-refractivity contribution in [1.82, 2.24) is 5.32 Å². The molecule has 1 saturated carbocycles. The van der Waals surface area contributed by atoms with Crippen LogP contribution in [0.4, 0.5) is 0 Å². The predicted octanol–water partition coefficient (Wildman–Crippen LogP) is 0.348. The number of hydrogen-bond acceptors (Lipinski definition) is 7. The van der Waals surface area contributed by atoms with E-state index in [1.54, 1.807) is 12.1 Å². The fourth-order valence-electron chi connectivity index (χ4n) is 3.61. The molecule has 0 bridgehead atoms. The van der Waals surface area contributed by atoms with Gasteiger partial charge in [0.1, 0.15) is 5.75 Å². The van der Waals surface area contributed by atoms with Gasteiger partial charge in [0.15, 0.2) is 9.84 Å². The fraction of sp³-hybridized carbons (Fsp3) is 0.667. The molecular formula is C18H27NO6S. The Hall–Kier alpha value is -1.19. The molecule has 7 nitrogen and oxygen atoms in total. The van der Waals surface area contributed by atoms with E-state index in [-0.39, 0.29) is 23.5 Å². The highest BCUT2D eigenvalue weighted by molar-refractivity contribution is 7.90. The zero-order chi connectivity index (χ0) is 18.7. The zero-order valence-corrected chi connectivity index (χ0v) is 15.7. The lowest BCUT2D eigenvalue weighted by Gasteiger charge is -2.28. The summed E-state index contributed by atoms with van der Waals surface area (Å²) >= 11 is 0. The summed E-state index contributed by atoms with van der Waals surface area (Å²) in [6, 6.07) is 6.35. The Bertz CT molecular complexity index is 686. The maximum Gasteiger partial charge on any atom is 0.175 e. The monoisotopic (exact) mass is 385 g/mol. The molecule has 1 aliphatic carbocycles. The normalized spacial score (nSPS) is 30.4. The van der Waals surface area contributed by atoms with Crippen molar-refractivity contribution in [1.29, 1.82) is 0 Å². The zero-order valence-electron chi connectivity index (χ0n) is 14.9. The maximum atomic E-state index is 11.5. The predicted molar refractivity (Wildman–Crippen MR) is 95.9 cm³/mol. The smallest absolute Gasteiger partial charge is 0.175 e. The first-order valence-corrected chi connectivity index (χ1v) is 10.9. The summed E-state index contributed by atoms with van der Waals surface area (Å²) in [5.74, 6) is 0.358. The van der Waals surface area contributed by atoms with Gasteiger partial charge in [0.2, 0.25) is 0 Å². The summed E-state index contributed by atoms with van der Waals surface area (Å²) in [6.45, 7) is 1.71. The molecule has 4 atom stereocenters. The first kappa shape index (κ1) is 19.6. The van der Waals surface area contributed by atoms with E-state index in [1.165, 1.54) is 12.1 Å². The summed E-state index contributed by atoms with van der Waals surface area (Å²) in [7, 11) is -3.23. The van der Waals surface area contributed by atoms with Crippen molar-refractivity contribution >= 4 is 9.84 Å². The standard InChI is InChI=1S/C18H27NO6S/c1-26(22,23)15-4-2-14(3-5-15)25-11-12-10-16(18(21)17(12)20)19-13-6-8-24-9-7-13/h2-5,12-13,16-21H,6-11H2,1H3. The van der Waals surface area contributed by atoms with Crippen LogP contribution < -0.4 is 10.1 Å². The van der Waals surface area contributed by atoms with E-state index in [2.05, 4.69) is 5.32 Å². The number of ether oxygens (including phenoxy) is 2. The Balaban J connectivity index is 1.53. The van der Waals surface area contributed by atoms with Crippen molar-refractivity contribution in [2.24, 2.45) is 5.92 Å². The van der Waals surface area contributed by atoms with Crippen LogP contribution in [0.2, 0.25) is 0 Å². The fourth-order valence-corrected chi connectivity index (χ4v) is 4.24. The number of benzene rings is 1. The first-order valence-electron chi connectivity index (χ1n) is 8.97. The molecule has 1 aromatic rings. The van der Waals surface area contributed by atoms with Crippen molar-refractivity contribution in [2.45, 2.75) is 48.4 Å². The second kappa shape index (κ2) is 8.22. The van der Waals surface area contributed by atoms with Gasteiger partial charge in [-0.1, -0.05) is 0 Å². The van der Waals surface area contributed by atoms with Crippen molar-refractivity contribution in [2.75, 3.05) is 26.1 Å². The largest absolute Gasteiger partial charge is 0.493 e.